The molecule has 0 bridgehead atoms. The van der Waals surface area contributed by atoms with Gasteiger partial charge in [0.2, 0.25) is 0 Å². The van der Waals surface area contributed by atoms with Crippen LogP contribution in [0, 0.1) is 25.2 Å². The Kier molecular flexibility index (Phi) is 3.08. The second-order valence-corrected chi connectivity index (χ2v) is 5.04. The summed E-state index contributed by atoms with van der Waals surface area (Å²) in [7, 11) is 0. The van der Waals surface area contributed by atoms with E-state index in [-0.39, 0.29) is 0 Å². The van der Waals surface area contributed by atoms with Gasteiger partial charge in [0.1, 0.15) is 5.54 Å². The average molecular weight is 229 g/mol. The molecule has 0 unspecified atom stereocenters. The van der Waals surface area contributed by atoms with Crippen LogP contribution >= 0.6 is 0 Å². The molecule has 3 nitrogen and oxygen atoms in total. The van der Waals surface area contributed by atoms with Crippen molar-refractivity contribution < 1.29 is 0 Å². The fourth-order valence-electron chi connectivity index (χ4n) is 2.32. The van der Waals surface area contributed by atoms with E-state index in [1.54, 1.807) is 0 Å². The Balaban J connectivity index is 2.16. The quantitative estimate of drug-likeness (QED) is 0.802. The van der Waals surface area contributed by atoms with Gasteiger partial charge in [-0.1, -0.05) is 12.1 Å². The molecule has 0 aromatic heterocycles. The van der Waals surface area contributed by atoms with Crippen LogP contribution in [0.15, 0.2) is 18.2 Å². The summed E-state index contributed by atoms with van der Waals surface area (Å²) in [5.41, 5.74) is 9.21. The highest BCUT2D eigenvalue weighted by atomic mass is 15.1. The fraction of sp³-hybridized carbons (Fsp3) is 0.500. The van der Waals surface area contributed by atoms with Gasteiger partial charge in [-0.05, 0) is 43.9 Å². The van der Waals surface area contributed by atoms with E-state index < -0.39 is 5.54 Å². The number of rotatable bonds is 1. The summed E-state index contributed by atoms with van der Waals surface area (Å²) in [5.74, 6) is 0. The molecule has 17 heavy (non-hydrogen) atoms. The molecular weight excluding hydrogens is 210 g/mol. The Morgan fingerprint density at radius 2 is 1.94 bits per heavy atom. The number of benzene rings is 1. The first-order valence-electron chi connectivity index (χ1n) is 6.06. The lowest BCUT2D eigenvalue weighted by Crippen LogP contribution is -2.49. The number of nitriles is 1. The maximum atomic E-state index is 9.01. The molecule has 2 rings (SSSR count). The molecule has 90 valence electrons. The van der Waals surface area contributed by atoms with Crippen molar-refractivity contribution in [1.29, 1.82) is 5.26 Å². The molecule has 2 N–H and O–H groups in total. The van der Waals surface area contributed by atoms with Crippen LogP contribution in [0.1, 0.15) is 24.0 Å². The third kappa shape index (κ3) is 2.42. The van der Waals surface area contributed by atoms with Crippen molar-refractivity contribution in [1.82, 2.24) is 0 Å². The summed E-state index contributed by atoms with van der Waals surface area (Å²) in [6.45, 7) is 5.97. The van der Waals surface area contributed by atoms with Gasteiger partial charge in [0.05, 0.1) is 6.07 Å². The van der Waals surface area contributed by atoms with Gasteiger partial charge in [-0.3, -0.25) is 0 Å². The molecule has 0 saturated carbocycles. The Morgan fingerprint density at radius 1 is 1.29 bits per heavy atom. The highest BCUT2D eigenvalue weighted by Gasteiger charge is 2.30. The standard InChI is InChI=1S/C14H19N3/c1-11-3-4-12(2)13(9-11)17-7-5-14(16,10-15)6-8-17/h3-4,9H,5-8,16H2,1-2H3. The number of aryl methyl sites for hydroxylation is 2. The van der Waals surface area contributed by atoms with Crippen molar-refractivity contribution in [2.24, 2.45) is 5.73 Å². The van der Waals surface area contributed by atoms with Crippen LogP contribution < -0.4 is 10.6 Å². The van der Waals surface area contributed by atoms with Crippen molar-refractivity contribution in [2.75, 3.05) is 18.0 Å². The van der Waals surface area contributed by atoms with E-state index in [4.69, 9.17) is 11.0 Å². The maximum Gasteiger partial charge on any atom is 0.107 e. The minimum atomic E-state index is -0.617. The maximum absolute atomic E-state index is 9.01. The van der Waals surface area contributed by atoms with E-state index in [9.17, 15) is 0 Å². The normalized spacial score (nSPS) is 18.8. The lowest BCUT2D eigenvalue weighted by molar-refractivity contribution is 0.415. The van der Waals surface area contributed by atoms with E-state index in [0.29, 0.717) is 0 Å². The third-order valence-corrected chi connectivity index (χ3v) is 3.58. The zero-order chi connectivity index (χ0) is 12.5. The van der Waals surface area contributed by atoms with Crippen LogP contribution in [-0.4, -0.2) is 18.6 Å². The number of hydrogen-bond acceptors (Lipinski definition) is 3. The summed E-state index contributed by atoms with van der Waals surface area (Å²) in [6.07, 6.45) is 1.49. The second-order valence-electron chi connectivity index (χ2n) is 5.04. The number of nitrogens with zero attached hydrogens (tertiary/aromatic N) is 2. The molecule has 0 spiro atoms. The van der Waals surface area contributed by atoms with Crippen LogP contribution in [0.25, 0.3) is 0 Å². The molecule has 0 radical (unpaired) electrons. The van der Waals surface area contributed by atoms with Crippen LogP contribution in [0.5, 0.6) is 0 Å². The molecule has 1 saturated heterocycles. The summed E-state index contributed by atoms with van der Waals surface area (Å²) >= 11 is 0. The summed E-state index contributed by atoms with van der Waals surface area (Å²) in [6, 6.07) is 8.73. The summed E-state index contributed by atoms with van der Waals surface area (Å²) in [5, 5.41) is 9.01. The third-order valence-electron chi connectivity index (χ3n) is 3.58. The van der Waals surface area contributed by atoms with E-state index >= 15 is 0 Å². The van der Waals surface area contributed by atoms with Gasteiger partial charge in [0, 0.05) is 18.8 Å². The topological polar surface area (TPSA) is 53.0 Å². The van der Waals surface area contributed by atoms with Gasteiger partial charge >= 0.3 is 0 Å². The lowest BCUT2D eigenvalue weighted by atomic mass is 9.90. The minimum Gasteiger partial charge on any atom is -0.371 e. The molecule has 1 fully saturated rings. The van der Waals surface area contributed by atoms with Crippen molar-refractivity contribution in [3.8, 4) is 6.07 Å². The van der Waals surface area contributed by atoms with Gasteiger partial charge in [0.15, 0.2) is 0 Å². The average Bonchev–Trinajstić information content (AvgIpc) is 2.34. The SMILES string of the molecule is Cc1ccc(C)c(N2CCC(N)(C#N)CC2)c1. The summed E-state index contributed by atoms with van der Waals surface area (Å²) in [4.78, 5) is 2.34. The van der Waals surface area contributed by atoms with Gasteiger partial charge in [-0.15, -0.1) is 0 Å². The van der Waals surface area contributed by atoms with Gasteiger partial charge in [-0.2, -0.15) is 5.26 Å². The van der Waals surface area contributed by atoms with E-state index in [1.807, 2.05) is 0 Å². The van der Waals surface area contributed by atoms with Crippen molar-refractivity contribution in [3.05, 3.63) is 29.3 Å². The second kappa shape index (κ2) is 4.38. The zero-order valence-electron chi connectivity index (χ0n) is 10.5. The van der Waals surface area contributed by atoms with E-state index in [1.165, 1.54) is 16.8 Å². The smallest absolute Gasteiger partial charge is 0.107 e. The molecular formula is C14H19N3. The fourth-order valence-corrected chi connectivity index (χ4v) is 2.32. The molecule has 1 heterocycles. The highest BCUT2D eigenvalue weighted by Crippen LogP contribution is 2.27. The highest BCUT2D eigenvalue weighted by molar-refractivity contribution is 5.55. The predicted molar refractivity (Wildman–Crippen MR) is 69.9 cm³/mol. The molecule has 1 aromatic rings. The first-order chi connectivity index (χ1) is 8.04. The van der Waals surface area contributed by atoms with Crippen molar-refractivity contribution in [2.45, 2.75) is 32.2 Å². The van der Waals surface area contributed by atoms with Crippen LogP contribution in [-0.2, 0) is 0 Å². The van der Waals surface area contributed by atoms with Crippen molar-refractivity contribution >= 4 is 5.69 Å². The number of hydrogen-bond donors (Lipinski definition) is 1. The van der Waals surface area contributed by atoms with Crippen LogP contribution in [0.4, 0.5) is 5.69 Å². The minimum absolute atomic E-state index is 0.617. The summed E-state index contributed by atoms with van der Waals surface area (Å²) < 4.78 is 0. The molecule has 1 aromatic carbocycles. The molecule has 1 aliphatic rings. The Morgan fingerprint density at radius 3 is 2.53 bits per heavy atom. The first-order valence-corrected chi connectivity index (χ1v) is 6.06. The zero-order valence-corrected chi connectivity index (χ0v) is 10.5. The Hall–Kier alpha value is -1.53. The number of piperidine rings is 1. The molecule has 0 amide bonds. The Labute approximate surface area is 103 Å². The van der Waals surface area contributed by atoms with Crippen LogP contribution in [0.3, 0.4) is 0 Å². The van der Waals surface area contributed by atoms with E-state index in [0.717, 1.165) is 25.9 Å². The lowest BCUT2D eigenvalue weighted by Gasteiger charge is -2.37. The van der Waals surface area contributed by atoms with Gasteiger partial charge < -0.3 is 10.6 Å². The Bertz CT molecular complexity index is 451. The largest absolute Gasteiger partial charge is 0.371 e. The number of anilines is 1. The molecule has 0 atom stereocenters. The molecule has 3 heteroatoms. The number of nitrogens with two attached hydrogens (primary N) is 1. The van der Waals surface area contributed by atoms with Crippen molar-refractivity contribution in [3.63, 3.8) is 0 Å². The predicted octanol–water partition coefficient (Wildman–Crippen LogP) is 2.12. The molecule has 0 aliphatic carbocycles. The first kappa shape index (κ1) is 11.9. The van der Waals surface area contributed by atoms with Gasteiger partial charge in [0.25, 0.3) is 0 Å². The monoisotopic (exact) mass is 229 g/mol. The molecule has 1 aliphatic heterocycles. The van der Waals surface area contributed by atoms with Crippen LogP contribution in [0.2, 0.25) is 0 Å². The van der Waals surface area contributed by atoms with Gasteiger partial charge in [-0.25, -0.2) is 0 Å². The van der Waals surface area contributed by atoms with E-state index in [2.05, 4.69) is 43.0 Å².